The number of rotatable bonds is 5. The van der Waals surface area contributed by atoms with Crippen molar-refractivity contribution < 1.29 is 23.5 Å². The van der Waals surface area contributed by atoms with Crippen LogP contribution in [0.3, 0.4) is 0 Å². The molecule has 0 unspecified atom stereocenters. The molecule has 164 valence electrons. The van der Waals surface area contributed by atoms with Crippen molar-refractivity contribution in [2.45, 2.75) is 12.8 Å². The van der Waals surface area contributed by atoms with Crippen molar-refractivity contribution in [1.82, 2.24) is 4.90 Å². The minimum atomic E-state index is -0.877. The molecule has 1 aromatic heterocycles. The van der Waals surface area contributed by atoms with Crippen LogP contribution in [0, 0.1) is 5.92 Å². The molecule has 0 bridgehead atoms. The quantitative estimate of drug-likeness (QED) is 0.619. The van der Waals surface area contributed by atoms with E-state index in [1.807, 2.05) is 30.3 Å². The fraction of sp³-hybridized carbons (Fsp3) is 0.250. The van der Waals surface area contributed by atoms with Crippen molar-refractivity contribution in [2.75, 3.05) is 25.0 Å². The maximum Gasteiger partial charge on any atom is 0.374 e. The maximum atomic E-state index is 12.4. The van der Waals surface area contributed by atoms with E-state index in [4.69, 9.17) is 9.15 Å². The highest BCUT2D eigenvalue weighted by Crippen LogP contribution is 2.20. The van der Waals surface area contributed by atoms with Crippen LogP contribution in [0.2, 0.25) is 0 Å². The minimum Gasteiger partial charge on any atom is -0.450 e. The topological polar surface area (TPSA) is 106 Å². The summed E-state index contributed by atoms with van der Waals surface area (Å²) in [7, 11) is 0. The van der Waals surface area contributed by atoms with Gasteiger partial charge in [-0.15, -0.1) is 0 Å². The summed E-state index contributed by atoms with van der Waals surface area (Å²) in [5, 5.41) is 3.24. The SMILES string of the molecule is O=C(OCC(=O)N1CCC(C(=O)Nc2ccccc2)CC1)c1cc(=O)c2ccccc2o1. The van der Waals surface area contributed by atoms with Crippen molar-refractivity contribution in [3.63, 3.8) is 0 Å². The van der Waals surface area contributed by atoms with Crippen molar-refractivity contribution in [3.8, 4) is 0 Å². The molecular formula is C24H22N2O6. The summed E-state index contributed by atoms with van der Waals surface area (Å²) in [6, 6.07) is 16.8. The number of nitrogens with zero attached hydrogens (tertiary/aromatic N) is 1. The summed E-state index contributed by atoms with van der Waals surface area (Å²) in [4.78, 5) is 50.8. The molecule has 0 spiro atoms. The second-order valence-corrected chi connectivity index (χ2v) is 7.56. The molecule has 1 fully saturated rings. The van der Waals surface area contributed by atoms with Crippen molar-refractivity contribution in [1.29, 1.82) is 0 Å². The minimum absolute atomic E-state index is 0.0685. The van der Waals surface area contributed by atoms with Gasteiger partial charge in [0.1, 0.15) is 5.58 Å². The molecule has 8 heteroatoms. The third kappa shape index (κ3) is 4.85. The number of para-hydroxylation sites is 2. The Morgan fingerprint density at radius 1 is 1.00 bits per heavy atom. The first-order valence-electron chi connectivity index (χ1n) is 10.3. The van der Waals surface area contributed by atoms with E-state index in [0.717, 1.165) is 11.8 Å². The van der Waals surface area contributed by atoms with Crippen molar-refractivity contribution >= 4 is 34.4 Å². The number of piperidine rings is 1. The Kier molecular flexibility index (Phi) is 6.30. The fourth-order valence-corrected chi connectivity index (χ4v) is 3.65. The van der Waals surface area contributed by atoms with Gasteiger partial charge in [-0.3, -0.25) is 14.4 Å². The number of hydrogen-bond acceptors (Lipinski definition) is 6. The average Bonchev–Trinajstić information content (AvgIpc) is 2.83. The van der Waals surface area contributed by atoms with E-state index in [1.165, 1.54) is 0 Å². The molecule has 1 aliphatic heterocycles. The largest absolute Gasteiger partial charge is 0.450 e. The fourth-order valence-electron chi connectivity index (χ4n) is 3.65. The number of benzene rings is 2. The number of likely N-dealkylation sites (tertiary alicyclic amines) is 1. The highest BCUT2D eigenvalue weighted by Gasteiger charge is 2.28. The summed E-state index contributed by atoms with van der Waals surface area (Å²) < 4.78 is 10.5. The Morgan fingerprint density at radius 3 is 2.44 bits per heavy atom. The van der Waals surface area contributed by atoms with Crippen LogP contribution in [0.15, 0.2) is 69.9 Å². The number of amides is 2. The summed E-state index contributed by atoms with van der Waals surface area (Å²) in [5.74, 6) is -1.74. The molecule has 3 aromatic rings. The lowest BCUT2D eigenvalue weighted by Crippen LogP contribution is -2.43. The Morgan fingerprint density at radius 2 is 1.69 bits per heavy atom. The number of fused-ring (bicyclic) bond motifs is 1. The first-order chi connectivity index (χ1) is 15.5. The third-order valence-electron chi connectivity index (χ3n) is 5.42. The van der Waals surface area contributed by atoms with Crippen molar-refractivity contribution in [3.05, 3.63) is 76.6 Å². The molecule has 0 radical (unpaired) electrons. The summed E-state index contributed by atoms with van der Waals surface area (Å²) >= 11 is 0. The van der Waals surface area contributed by atoms with E-state index >= 15 is 0 Å². The number of nitrogens with one attached hydrogen (secondary N) is 1. The summed E-state index contributed by atoms with van der Waals surface area (Å²) in [6.45, 7) is 0.332. The lowest BCUT2D eigenvalue weighted by molar-refractivity contribution is -0.137. The number of carbonyl (C=O) groups excluding carboxylic acids is 3. The molecule has 4 rings (SSSR count). The van der Waals surface area contributed by atoms with Crippen LogP contribution in [0.4, 0.5) is 5.69 Å². The van der Waals surface area contributed by atoms with Gasteiger partial charge in [-0.2, -0.15) is 0 Å². The molecule has 0 atom stereocenters. The standard InChI is InChI=1S/C24H22N2O6/c27-19-14-21(32-20-9-5-4-8-18(19)20)24(30)31-15-22(28)26-12-10-16(11-13-26)23(29)25-17-6-2-1-3-7-17/h1-9,14,16H,10-13,15H2,(H,25,29). The Bertz CT molecular complexity index is 1200. The van der Waals surface area contributed by atoms with Gasteiger partial charge in [-0.1, -0.05) is 30.3 Å². The van der Waals surface area contributed by atoms with Crippen LogP contribution in [-0.2, 0) is 14.3 Å². The Balaban J connectivity index is 1.27. The predicted molar refractivity (Wildman–Crippen MR) is 117 cm³/mol. The Labute approximate surface area is 183 Å². The van der Waals surface area contributed by atoms with Crippen LogP contribution in [0.1, 0.15) is 23.4 Å². The normalized spacial score (nSPS) is 14.2. The number of anilines is 1. The highest BCUT2D eigenvalue weighted by atomic mass is 16.5. The van der Waals surface area contributed by atoms with E-state index in [9.17, 15) is 19.2 Å². The van der Waals surface area contributed by atoms with E-state index in [1.54, 1.807) is 29.2 Å². The van der Waals surface area contributed by atoms with Crippen molar-refractivity contribution in [2.24, 2.45) is 5.92 Å². The van der Waals surface area contributed by atoms with Gasteiger partial charge in [0.05, 0.1) is 5.39 Å². The van der Waals surface area contributed by atoms with Crippen LogP contribution in [0.5, 0.6) is 0 Å². The van der Waals surface area contributed by atoms with Crippen LogP contribution in [0.25, 0.3) is 11.0 Å². The van der Waals surface area contributed by atoms with E-state index in [-0.39, 0.29) is 34.5 Å². The van der Waals surface area contributed by atoms with Crippen LogP contribution in [-0.4, -0.2) is 42.4 Å². The van der Waals surface area contributed by atoms with E-state index < -0.39 is 12.6 Å². The molecule has 32 heavy (non-hydrogen) atoms. The molecule has 1 N–H and O–H groups in total. The predicted octanol–water partition coefficient (Wildman–Crippen LogP) is 2.83. The number of esters is 1. The molecule has 0 saturated carbocycles. The monoisotopic (exact) mass is 434 g/mol. The van der Waals surface area contributed by atoms with Gasteiger partial charge in [-0.05, 0) is 37.1 Å². The second kappa shape index (κ2) is 9.47. The van der Waals surface area contributed by atoms with E-state index in [2.05, 4.69) is 5.32 Å². The molecule has 2 heterocycles. The summed E-state index contributed by atoms with van der Waals surface area (Å²) in [6.07, 6.45) is 1.05. The molecular weight excluding hydrogens is 412 g/mol. The Hall–Kier alpha value is -3.94. The lowest BCUT2D eigenvalue weighted by Gasteiger charge is -2.31. The molecule has 0 aliphatic carbocycles. The molecule has 8 nitrogen and oxygen atoms in total. The first-order valence-corrected chi connectivity index (χ1v) is 10.3. The zero-order valence-electron chi connectivity index (χ0n) is 17.3. The number of carbonyl (C=O) groups is 3. The van der Waals surface area contributed by atoms with Gasteiger partial charge in [0.25, 0.3) is 5.91 Å². The van der Waals surface area contributed by atoms with Gasteiger partial charge < -0.3 is 19.4 Å². The lowest BCUT2D eigenvalue weighted by atomic mass is 9.95. The third-order valence-corrected chi connectivity index (χ3v) is 5.42. The smallest absolute Gasteiger partial charge is 0.374 e. The van der Waals surface area contributed by atoms with E-state index in [0.29, 0.717) is 31.3 Å². The zero-order valence-corrected chi connectivity index (χ0v) is 17.3. The highest BCUT2D eigenvalue weighted by molar-refractivity contribution is 5.93. The average molecular weight is 434 g/mol. The maximum absolute atomic E-state index is 12.4. The summed E-state index contributed by atoms with van der Waals surface area (Å²) in [5.41, 5.74) is 0.651. The van der Waals surface area contributed by atoms with Gasteiger partial charge in [0.2, 0.25) is 11.7 Å². The molecule has 2 amide bonds. The molecule has 1 saturated heterocycles. The van der Waals surface area contributed by atoms with Gasteiger partial charge in [-0.25, -0.2) is 4.79 Å². The number of hydrogen-bond donors (Lipinski definition) is 1. The van der Waals surface area contributed by atoms with Gasteiger partial charge >= 0.3 is 5.97 Å². The first kappa shape index (κ1) is 21.3. The number of ether oxygens (including phenoxy) is 1. The zero-order chi connectivity index (χ0) is 22.5. The van der Waals surface area contributed by atoms with Gasteiger partial charge in [0, 0.05) is 30.8 Å². The van der Waals surface area contributed by atoms with Crippen LogP contribution < -0.4 is 10.7 Å². The van der Waals surface area contributed by atoms with Gasteiger partial charge in [0.15, 0.2) is 12.0 Å². The molecule has 1 aliphatic rings. The second-order valence-electron chi connectivity index (χ2n) is 7.56. The van der Waals surface area contributed by atoms with Crippen LogP contribution >= 0.6 is 0 Å². The molecule has 2 aromatic carbocycles.